The van der Waals surface area contributed by atoms with E-state index < -0.39 is 10.0 Å². The highest BCUT2D eigenvalue weighted by Crippen LogP contribution is 2.31. The smallest absolute Gasteiger partial charge is 0.260 e. The molecule has 3 N–H and O–H groups in total. The first kappa shape index (κ1) is 13.5. The first-order valence-electron chi connectivity index (χ1n) is 6.09. The fourth-order valence-electron chi connectivity index (χ4n) is 2.14. The van der Waals surface area contributed by atoms with Crippen molar-refractivity contribution in [1.82, 2.24) is 14.3 Å². The molecule has 102 valence electrons. The first-order valence-corrected chi connectivity index (χ1v) is 7.53. The third kappa shape index (κ3) is 2.43. The average Bonchev–Trinajstić information content (AvgIpc) is 2.77. The summed E-state index contributed by atoms with van der Waals surface area (Å²) in [5.41, 5.74) is 5.79. The summed E-state index contributed by atoms with van der Waals surface area (Å²) in [4.78, 5) is 6.72. The zero-order valence-electron chi connectivity index (χ0n) is 10.8. The molecule has 6 nitrogen and oxygen atoms in total. The molecule has 1 aromatic rings. The van der Waals surface area contributed by atoms with E-state index in [0.29, 0.717) is 25.5 Å². The van der Waals surface area contributed by atoms with Crippen molar-refractivity contribution in [3.8, 4) is 0 Å². The molecule has 0 saturated carbocycles. The Balaban J connectivity index is 2.14. The molecule has 1 fully saturated rings. The summed E-state index contributed by atoms with van der Waals surface area (Å²) < 4.78 is 26.2. The van der Waals surface area contributed by atoms with Gasteiger partial charge in [0.1, 0.15) is 5.82 Å². The molecule has 0 spiro atoms. The fourth-order valence-corrected chi connectivity index (χ4v) is 3.54. The van der Waals surface area contributed by atoms with Crippen molar-refractivity contribution in [1.29, 1.82) is 0 Å². The van der Waals surface area contributed by atoms with E-state index in [9.17, 15) is 8.42 Å². The Kier molecular flexibility index (Phi) is 3.48. The Hall–Kier alpha value is -0.920. The number of nitrogens with two attached hydrogens (primary N) is 1. The number of hydrogen-bond acceptors (Lipinski definition) is 4. The minimum atomic E-state index is -3.43. The molecule has 7 heteroatoms. The van der Waals surface area contributed by atoms with Gasteiger partial charge >= 0.3 is 0 Å². The molecule has 1 aliphatic heterocycles. The highest BCUT2D eigenvalue weighted by Gasteiger charge is 2.35. The number of nitrogens with one attached hydrogen (secondary N) is 1. The van der Waals surface area contributed by atoms with Crippen LogP contribution in [-0.4, -0.2) is 42.3 Å². The van der Waals surface area contributed by atoms with Gasteiger partial charge in [-0.15, -0.1) is 0 Å². The molecule has 0 unspecified atom stereocenters. The second-order valence-electron chi connectivity index (χ2n) is 5.25. The molecule has 0 amide bonds. The van der Waals surface area contributed by atoms with Gasteiger partial charge in [-0.1, -0.05) is 6.92 Å². The van der Waals surface area contributed by atoms with Gasteiger partial charge < -0.3 is 10.7 Å². The number of aryl methyl sites for hydroxylation is 1. The van der Waals surface area contributed by atoms with Crippen LogP contribution in [0.15, 0.2) is 11.2 Å². The maximum atomic E-state index is 12.3. The Morgan fingerprint density at radius 2 is 2.11 bits per heavy atom. The summed E-state index contributed by atoms with van der Waals surface area (Å²) in [6.07, 6.45) is 2.98. The molecule has 1 aromatic heterocycles. The zero-order chi connectivity index (χ0) is 13.4. The number of imidazole rings is 1. The number of rotatable bonds is 3. The van der Waals surface area contributed by atoms with Gasteiger partial charge in [0.05, 0.1) is 6.20 Å². The van der Waals surface area contributed by atoms with E-state index in [1.807, 2.05) is 0 Å². The fraction of sp³-hybridized carbons (Fsp3) is 0.727. The van der Waals surface area contributed by atoms with Crippen molar-refractivity contribution < 1.29 is 8.42 Å². The van der Waals surface area contributed by atoms with Crippen LogP contribution in [0.2, 0.25) is 0 Å². The van der Waals surface area contributed by atoms with Gasteiger partial charge in [-0.2, -0.15) is 4.31 Å². The Morgan fingerprint density at radius 1 is 1.50 bits per heavy atom. The summed E-state index contributed by atoms with van der Waals surface area (Å²) in [6.45, 7) is 5.49. The highest BCUT2D eigenvalue weighted by molar-refractivity contribution is 7.89. The Bertz CT molecular complexity index is 515. The molecule has 0 aromatic carbocycles. The van der Waals surface area contributed by atoms with E-state index in [1.165, 1.54) is 10.5 Å². The molecule has 0 atom stereocenters. The second-order valence-corrected chi connectivity index (χ2v) is 7.16. The van der Waals surface area contributed by atoms with Gasteiger partial charge in [0.2, 0.25) is 0 Å². The monoisotopic (exact) mass is 272 g/mol. The predicted molar refractivity (Wildman–Crippen MR) is 68.5 cm³/mol. The quantitative estimate of drug-likeness (QED) is 0.836. The summed E-state index contributed by atoms with van der Waals surface area (Å²) in [6, 6.07) is 0. The van der Waals surface area contributed by atoms with Crippen molar-refractivity contribution in [2.75, 3.05) is 19.6 Å². The largest absolute Gasteiger partial charge is 0.332 e. The average molecular weight is 272 g/mol. The van der Waals surface area contributed by atoms with E-state index >= 15 is 0 Å². The Morgan fingerprint density at radius 3 is 2.56 bits per heavy atom. The maximum Gasteiger partial charge on any atom is 0.260 e. The molecule has 0 radical (unpaired) electrons. The Labute approximate surface area is 108 Å². The SMILES string of the molecule is Cc1ncc(S(=O)(=O)N2CCC(C)(CN)CC2)[nH]1. The third-order valence-electron chi connectivity index (χ3n) is 3.72. The van der Waals surface area contributed by atoms with E-state index in [1.54, 1.807) is 6.92 Å². The number of sulfonamides is 1. The molecule has 0 aliphatic carbocycles. The van der Waals surface area contributed by atoms with Gasteiger partial charge in [-0.25, -0.2) is 13.4 Å². The van der Waals surface area contributed by atoms with Gasteiger partial charge in [-0.05, 0) is 31.7 Å². The molecule has 1 saturated heterocycles. The topological polar surface area (TPSA) is 92.1 Å². The van der Waals surface area contributed by atoms with E-state index in [-0.39, 0.29) is 10.4 Å². The van der Waals surface area contributed by atoms with Crippen molar-refractivity contribution in [3.05, 3.63) is 12.0 Å². The lowest BCUT2D eigenvalue weighted by Gasteiger charge is -2.37. The maximum absolute atomic E-state index is 12.3. The van der Waals surface area contributed by atoms with Crippen molar-refractivity contribution >= 4 is 10.0 Å². The number of nitrogens with zero attached hydrogens (tertiary/aromatic N) is 2. The van der Waals surface area contributed by atoms with Gasteiger partial charge in [0, 0.05) is 13.1 Å². The molecule has 1 aliphatic rings. The standard InChI is InChI=1S/C11H20N4O2S/c1-9-13-7-10(14-9)18(16,17)15-5-3-11(2,8-12)4-6-15/h7H,3-6,8,12H2,1-2H3,(H,13,14). The normalized spacial score (nSPS) is 21.1. The lowest BCUT2D eigenvalue weighted by atomic mass is 9.81. The van der Waals surface area contributed by atoms with Crippen LogP contribution >= 0.6 is 0 Å². The first-order chi connectivity index (χ1) is 8.37. The van der Waals surface area contributed by atoms with Crippen molar-refractivity contribution in [2.24, 2.45) is 11.1 Å². The van der Waals surface area contributed by atoms with Crippen molar-refractivity contribution in [3.63, 3.8) is 0 Å². The van der Waals surface area contributed by atoms with Crippen LogP contribution in [0, 0.1) is 12.3 Å². The third-order valence-corrected chi connectivity index (χ3v) is 5.53. The van der Waals surface area contributed by atoms with Gasteiger partial charge in [0.15, 0.2) is 5.03 Å². The molecular weight excluding hydrogens is 252 g/mol. The number of aromatic nitrogens is 2. The second kappa shape index (κ2) is 4.64. The lowest BCUT2D eigenvalue weighted by Crippen LogP contribution is -2.44. The van der Waals surface area contributed by atoms with Crippen LogP contribution < -0.4 is 5.73 Å². The highest BCUT2D eigenvalue weighted by atomic mass is 32.2. The van der Waals surface area contributed by atoms with Gasteiger partial charge in [-0.3, -0.25) is 0 Å². The summed E-state index contributed by atoms with van der Waals surface area (Å²) in [7, 11) is -3.43. The number of aromatic amines is 1. The number of hydrogen-bond donors (Lipinski definition) is 2. The van der Waals surface area contributed by atoms with Crippen LogP contribution in [0.1, 0.15) is 25.6 Å². The zero-order valence-corrected chi connectivity index (χ0v) is 11.6. The molecule has 0 bridgehead atoms. The molecule has 2 rings (SSSR count). The lowest BCUT2D eigenvalue weighted by molar-refractivity contribution is 0.182. The molecule has 2 heterocycles. The van der Waals surface area contributed by atoms with Crippen LogP contribution in [0.5, 0.6) is 0 Å². The van der Waals surface area contributed by atoms with E-state index in [4.69, 9.17) is 5.73 Å². The van der Waals surface area contributed by atoms with Crippen molar-refractivity contribution in [2.45, 2.75) is 31.7 Å². The van der Waals surface area contributed by atoms with Crippen LogP contribution in [0.4, 0.5) is 0 Å². The minimum absolute atomic E-state index is 0.0654. The number of piperidine rings is 1. The predicted octanol–water partition coefficient (Wildman–Crippen LogP) is 0.468. The summed E-state index contributed by atoms with van der Waals surface area (Å²) >= 11 is 0. The molecule has 18 heavy (non-hydrogen) atoms. The summed E-state index contributed by atoms with van der Waals surface area (Å²) in [5, 5.41) is 0.177. The van der Waals surface area contributed by atoms with E-state index in [2.05, 4.69) is 16.9 Å². The molecular formula is C11H20N4O2S. The van der Waals surface area contributed by atoms with Crippen LogP contribution in [0.3, 0.4) is 0 Å². The van der Waals surface area contributed by atoms with Crippen LogP contribution in [0.25, 0.3) is 0 Å². The minimum Gasteiger partial charge on any atom is -0.332 e. The van der Waals surface area contributed by atoms with Crippen LogP contribution in [-0.2, 0) is 10.0 Å². The van der Waals surface area contributed by atoms with E-state index in [0.717, 1.165) is 12.8 Å². The number of H-pyrrole nitrogens is 1. The summed E-state index contributed by atoms with van der Waals surface area (Å²) in [5.74, 6) is 0.609. The van der Waals surface area contributed by atoms with Gasteiger partial charge in [0.25, 0.3) is 10.0 Å².